The maximum atomic E-state index is 9.34. The lowest BCUT2D eigenvalue weighted by Gasteiger charge is -2.31. The van der Waals surface area contributed by atoms with Crippen molar-refractivity contribution in [3.8, 4) is 23.1 Å². The molecule has 2 heterocycles. The summed E-state index contributed by atoms with van der Waals surface area (Å²) in [5.74, 6) is 1.32. The van der Waals surface area contributed by atoms with E-state index in [9.17, 15) is 5.26 Å². The normalized spacial score (nSPS) is 14.9. The molecule has 0 aliphatic carbocycles. The maximum Gasteiger partial charge on any atom is 0.136 e. The summed E-state index contributed by atoms with van der Waals surface area (Å²) in [5.41, 5.74) is 3.34. The van der Waals surface area contributed by atoms with Crippen LogP contribution in [0.25, 0.3) is 11.3 Å². The van der Waals surface area contributed by atoms with Crippen LogP contribution in [-0.4, -0.2) is 59.5 Å². The zero-order chi connectivity index (χ0) is 21.6. The van der Waals surface area contributed by atoms with Crippen LogP contribution in [-0.2, 0) is 6.42 Å². The molecule has 1 saturated heterocycles. The van der Waals surface area contributed by atoms with E-state index in [1.54, 1.807) is 25.4 Å². The highest BCUT2D eigenvalue weighted by Gasteiger charge is 2.15. The largest absolute Gasteiger partial charge is 0.495 e. The van der Waals surface area contributed by atoms with Crippen LogP contribution in [0.3, 0.4) is 0 Å². The molecular weight excluding hydrogens is 406 g/mol. The second-order valence-corrected chi connectivity index (χ2v) is 8.70. The van der Waals surface area contributed by atoms with Crippen molar-refractivity contribution < 1.29 is 4.74 Å². The van der Waals surface area contributed by atoms with Crippen molar-refractivity contribution in [2.24, 2.45) is 0 Å². The molecule has 3 aromatic rings. The Labute approximate surface area is 187 Å². The van der Waals surface area contributed by atoms with Crippen molar-refractivity contribution in [3.63, 3.8) is 0 Å². The van der Waals surface area contributed by atoms with Crippen LogP contribution in [0.5, 0.6) is 5.75 Å². The second kappa shape index (κ2) is 9.92. The summed E-state index contributed by atoms with van der Waals surface area (Å²) in [6.45, 7) is 4.40. The Morgan fingerprint density at radius 1 is 1.06 bits per heavy atom. The van der Waals surface area contributed by atoms with Gasteiger partial charge in [0.15, 0.2) is 0 Å². The summed E-state index contributed by atoms with van der Waals surface area (Å²) < 4.78 is 7.65. The average molecular weight is 432 g/mol. The fraction of sp³-hybridized carbons (Fsp3) is 0.292. The number of methoxy groups -OCH3 is 1. The number of ether oxygens (including phenoxy) is 1. The standard InChI is InChI=1S/C24H25N5OS/c1-28-11-13-29(14-12-28)31-21-6-3-18(4-7-21)15-24-26-10-9-22(27-24)19-5-8-23(30-2)20(16-19)17-25/h3-10,16H,11-15H2,1-2H3. The maximum absolute atomic E-state index is 9.34. The molecule has 0 atom stereocenters. The molecule has 7 heteroatoms. The van der Waals surface area contributed by atoms with Crippen molar-refractivity contribution in [2.75, 3.05) is 40.3 Å². The molecule has 31 heavy (non-hydrogen) atoms. The minimum absolute atomic E-state index is 0.494. The van der Waals surface area contributed by atoms with E-state index in [4.69, 9.17) is 9.72 Å². The topological polar surface area (TPSA) is 65.3 Å². The average Bonchev–Trinajstić information content (AvgIpc) is 2.81. The number of rotatable bonds is 6. The number of piperazine rings is 1. The van der Waals surface area contributed by atoms with Crippen LogP contribution >= 0.6 is 11.9 Å². The summed E-state index contributed by atoms with van der Waals surface area (Å²) in [5, 5.41) is 9.34. The molecule has 0 saturated carbocycles. The Morgan fingerprint density at radius 3 is 2.55 bits per heavy atom. The van der Waals surface area contributed by atoms with Gasteiger partial charge in [-0.3, -0.25) is 0 Å². The molecule has 4 rings (SSSR count). The number of nitrogens with zero attached hydrogens (tertiary/aromatic N) is 5. The number of likely N-dealkylation sites (N-methyl/N-ethyl adjacent to an activating group) is 1. The molecule has 6 nitrogen and oxygen atoms in total. The Hall–Kier alpha value is -2.92. The van der Waals surface area contributed by atoms with Gasteiger partial charge in [0, 0.05) is 49.3 Å². The number of benzene rings is 2. The molecule has 1 aliphatic rings. The van der Waals surface area contributed by atoms with Gasteiger partial charge in [0.05, 0.1) is 18.4 Å². The van der Waals surface area contributed by atoms with Crippen LogP contribution in [0.1, 0.15) is 17.0 Å². The third kappa shape index (κ3) is 5.42. The first-order valence-corrected chi connectivity index (χ1v) is 11.0. The van der Waals surface area contributed by atoms with Gasteiger partial charge in [0.1, 0.15) is 17.6 Å². The minimum Gasteiger partial charge on any atom is -0.495 e. The van der Waals surface area contributed by atoms with Gasteiger partial charge in [0.2, 0.25) is 0 Å². The van der Waals surface area contributed by atoms with Gasteiger partial charge in [-0.1, -0.05) is 12.1 Å². The molecule has 0 radical (unpaired) electrons. The molecule has 2 aromatic carbocycles. The summed E-state index contributed by atoms with van der Waals surface area (Å²) in [7, 11) is 3.73. The first kappa shape index (κ1) is 21.3. The Morgan fingerprint density at radius 2 is 1.84 bits per heavy atom. The lowest BCUT2D eigenvalue weighted by molar-refractivity contribution is 0.233. The molecule has 158 valence electrons. The molecule has 0 spiro atoms. The van der Waals surface area contributed by atoms with Gasteiger partial charge in [-0.2, -0.15) is 5.26 Å². The lowest BCUT2D eigenvalue weighted by Crippen LogP contribution is -2.40. The smallest absolute Gasteiger partial charge is 0.136 e. The predicted octanol–water partition coefficient (Wildman–Crippen LogP) is 3.87. The third-order valence-corrected chi connectivity index (χ3v) is 6.41. The Kier molecular flexibility index (Phi) is 6.82. The van der Waals surface area contributed by atoms with Crippen molar-refractivity contribution in [1.29, 1.82) is 5.26 Å². The third-order valence-electron chi connectivity index (χ3n) is 5.30. The zero-order valence-corrected chi connectivity index (χ0v) is 18.6. The molecule has 0 unspecified atom stereocenters. The second-order valence-electron chi connectivity index (χ2n) is 7.53. The summed E-state index contributed by atoms with van der Waals surface area (Å²) >= 11 is 1.83. The van der Waals surface area contributed by atoms with Gasteiger partial charge < -0.3 is 9.64 Å². The summed E-state index contributed by atoms with van der Waals surface area (Å²) in [4.78, 5) is 12.8. The molecule has 0 N–H and O–H groups in total. The van der Waals surface area contributed by atoms with E-state index in [0.29, 0.717) is 17.7 Å². The minimum atomic E-state index is 0.494. The Balaban J connectivity index is 1.44. The van der Waals surface area contributed by atoms with E-state index in [1.165, 1.54) is 10.5 Å². The van der Waals surface area contributed by atoms with E-state index < -0.39 is 0 Å². The van der Waals surface area contributed by atoms with Gasteiger partial charge in [-0.15, -0.1) is 0 Å². The molecule has 1 fully saturated rings. The molecular formula is C24H25N5OS. The predicted molar refractivity (Wildman–Crippen MR) is 123 cm³/mol. The van der Waals surface area contributed by atoms with Crippen molar-refractivity contribution >= 4 is 11.9 Å². The SMILES string of the molecule is COc1ccc(-c2ccnc(Cc3ccc(SN4CCN(C)CC4)cc3)n2)cc1C#N. The highest BCUT2D eigenvalue weighted by molar-refractivity contribution is 7.97. The molecule has 1 aliphatic heterocycles. The number of hydrogen-bond acceptors (Lipinski definition) is 7. The van der Waals surface area contributed by atoms with E-state index in [0.717, 1.165) is 43.3 Å². The van der Waals surface area contributed by atoms with E-state index in [1.807, 2.05) is 24.1 Å². The summed E-state index contributed by atoms with van der Waals surface area (Å²) in [6.07, 6.45) is 2.43. The highest BCUT2D eigenvalue weighted by atomic mass is 32.2. The number of hydrogen-bond donors (Lipinski definition) is 0. The summed E-state index contributed by atoms with van der Waals surface area (Å²) in [6, 6.07) is 18.2. The molecule has 1 aromatic heterocycles. The van der Waals surface area contributed by atoms with Crippen LogP contribution in [0.15, 0.2) is 59.6 Å². The Bertz CT molecular complexity index is 1070. The number of nitriles is 1. The quantitative estimate of drug-likeness (QED) is 0.549. The van der Waals surface area contributed by atoms with Crippen LogP contribution in [0.2, 0.25) is 0 Å². The highest BCUT2D eigenvalue weighted by Crippen LogP contribution is 2.26. The van der Waals surface area contributed by atoms with Crippen LogP contribution < -0.4 is 4.74 Å². The molecule has 0 bridgehead atoms. The van der Waals surface area contributed by atoms with Gasteiger partial charge in [-0.25, -0.2) is 14.3 Å². The first-order chi connectivity index (χ1) is 15.1. The van der Waals surface area contributed by atoms with Crippen LogP contribution in [0.4, 0.5) is 0 Å². The van der Waals surface area contributed by atoms with Crippen molar-refractivity contribution in [3.05, 3.63) is 71.7 Å². The van der Waals surface area contributed by atoms with E-state index in [-0.39, 0.29) is 0 Å². The first-order valence-electron chi connectivity index (χ1n) is 10.3. The fourth-order valence-corrected chi connectivity index (χ4v) is 4.38. The monoisotopic (exact) mass is 431 g/mol. The fourth-order valence-electron chi connectivity index (χ4n) is 3.48. The molecule has 0 amide bonds. The van der Waals surface area contributed by atoms with Crippen LogP contribution in [0, 0.1) is 11.3 Å². The van der Waals surface area contributed by atoms with Gasteiger partial charge in [-0.05, 0) is 61.0 Å². The van der Waals surface area contributed by atoms with E-state index >= 15 is 0 Å². The van der Waals surface area contributed by atoms with Gasteiger partial charge in [0.25, 0.3) is 0 Å². The van der Waals surface area contributed by atoms with Gasteiger partial charge >= 0.3 is 0 Å². The van der Waals surface area contributed by atoms with E-state index in [2.05, 4.69) is 51.6 Å². The lowest BCUT2D eigenvalue weighted by atomic mass is 10.1. The number of aromatic nitrogens is 2. The van der Waals surface area contributed by atoms with Crippen molar-refractivity contribution in [1.82, 2.24) is 19.2 Å². The zero-order valence-electron chi connectivity index (χ0n) is 17.8. The van der Waals surface area contributed by atoms with Crippen molar-refractivity contribution in [2.45, 2.75) is 11.3 Å².